The number of pyridine rings is 1. The lowest BCUT2D eigenvalue weighted by Crippen LogP contribution is -2.01. The Labute approximate surface area is 134 Å². The first-order chi connectivity index (χ1) is 11.7. The van der Waals surface area contributed by atoms with Crippen molar-refractivity contribution in [2.45, 2.75) is 0 Å². The molecule has 0 aliphatic carbocycles. The molecular formula is C16H11F2N5O. The molecule has 0 atom stereocenters. The highest BCUT2D eigenvalue weighted by molar-refractivity contribution is 5.92. The number of aromatic amines is 1. The van der Waals surface area contributed by atoms with Crippen LogP contribution in [0.1, 0.15) is 0 Å². The summed E-state index contributed by atoms with van der Waals surface area (Å²) in [6.45, 7) is 0. The van der Waals surface area contributed by atoms with Gasteiger partial charge in [-0.15, -0.1) is 10.2 Å². The van der Waals surface area contributed by atoms with E-state index in [-0.39, 0.29) is 5.69 Å². The number of rotatable bonds is 3. The fourth-order valence-corrected chi connectivity index (χ4v) is 2.55. The first-order valence-electron chi connectivity index (χ1n) is 7.05. The Morgan fingerprint density at radius 3 is 2.96 bits per heavy atom. The van der Waals surface area contributed by atoms with Crippen LogP contribution in [0, 0.1) is 11.6 Å². The van der Waals surface area contributed by atoms with Gasteiger partial charge in [-0.3, -0.25) is 4.57 Å². The molecule has 6 nitrogen and oxygen atoms in total. The van der Waals surface area contributed by atoms with Crippen LogP contribution >= 0.6 is 0 Å². The van der Waals surface area contributed by atoms with Crippen molar-refractivity contribution in [1.29, 1.82) is 0 Å². The van der Waals surface area contributed by atoms with Gasteiger partial charge in [-0.25, -0.2) is 13.8 Å². The number of fused-ring (bicyclic) bond motifs is 1. The van der Waals surface area contributed by atoms with Gasteiger partial charge in [0.25, 0.3) is 0 Å². The molecule has 24 heavy (non-hydrogen) atoms. The van der Waals surface area contributed by atoms with Crippen LogP contribution in [-0.4, -0.2) is 31.8 Å². The molecule has 0 aliphatic heterocycles. The van der Waals surface area contributed by atoms with Gasteiger partial charge in [0, 0.05) is 17.1 Å². The van der Waals surface area contributed by atoms with E-state index in [1.807, 2.05) is 0 Å². The van der Waals surface area contributed by atoms with Gasteiger partial charge in [-0.1, -0.05) is 6.07 Å². The molecule has 120 valence electrons. The Balaban J connectivity index is 1.94. The maximum Gasteiger partial charge on any atom is 0.182 e. The largest absolute Gasteiger partial charge is 0.495 e. The predicted molar refractivity (Wildman–Crippen MR) is 82.9 cm³/mol. The summed E-state index contributed by atoms with van der Waals surface area (Å²) < 4.78 is 34.2. The number of nitrogens with zero attached hydrogens (tertiary/aromatic N) is 4. The molecule has 3 aromatic heterocycles. The quantitative estimate of drug-likeness (QED) is 0.628. The van der Waals surface area contributed by atoms with Gasteiger partial charge in [0.1, 0.15) is 17.7 Å². The van der Waals surface area contributed by atoms with Crippen LogP contribution in [-0.2, 0) is 0 Å². The molecular weight excluding hydrogens is 316 g/mol. The maximum absolute atomic E-state index is 14.1. The SMILES string of the molecule is COc1cnc2[nH]cc(-c3nncn3-c3cccc(F)c3F)c2c1. The summed E-state index contributed by atoms with van der Waals surface area (Å²) in [6.07, 6.45) is 4.61. The van der Waals surface area contributed by atoms with E-state index in [4.69, 9.17) is 4.74 Å². The smallest absolute Gasteiger partial charge is 0.182 e. The average Bonchev–Trinajstić information content (AvgIpc) is 3.22. The van der Waals surface area contributed by atoms with E-state index >= 15 is 0 Å². The molecule has 0 bridgehead atoms. The lowest BCUT2D eigenvalue weighted by atomic mass is 10.2. The fraction of sp³-hybridized carbons (Fsp3) is 0.0625. The monoisotopic (exact) mass is 327 g/mol. The Morgan fingerprint density at radius 2 is 2.12 bits per heavy atom. The van der Waals surface area contributed by atoms with Crippen LogP contribution in [0.3, 0.4) is 0 Å². The molecule has 8 heteroatoms. The van der Waals surface area contributed by atoms with Crippen LogP contribution in [0.25, 0.3) is 28.1 Å². The molecule has 0 saturated carbocycles. The molecule has 1 N–H and O–H groups in total. The van der Waals surface area contributed by atoms with Crippen molar-refractivity contribution in [3.63, 3.8) is 0 Å². The minimum Gasteiger partial charge on any atom is -0.495 e. The third-order valence-electron chi connectivity index (χ3n) is 3.72. The first-order valence-corrected chi connectivity index (χ1v) is 7.05. The molecule has 0 aliphatic rings. The topological polar surface area (TPSA) is 68.6 Å². The van der Waals surface area contributed by atoms with Gasteiger partial charge in [-0.05, 0) is 18.2 Å². The summed E-state index contributed by atoms with van der Waals surface area (Å²) in [7, 11) is 1.54. The molecule has 0 amide bonds. The second kappa shape index (κ2) is 5.41. The minimum absolute atomic E-state index is 0.0280. The number of halogens is 2. The summed E-state index contributed by atoms with van der Waals surface area (Å²) in [5.74, 6) is -0.962. The predicted octanol–water partition coefficient (Wildman–Crippen LogP) is 3.10. The number of benzene rings is 1. The zero-order valence-electron chi connectivity index (χ0n) is 12.5. The van der Waals surface area contributed by atoms with Crippen molar-refractivity contribution in [1.82, 2.24) is 24.7 Å². The van der Waals surface area contributed by atoms with Crippen molar-refractivity contribution in [2.75, 3.05) is 7.11 Å². The number of aromatic nitrogens is 5. The van der Waals surface area contributed by atoms with Gasteiger partial charge in [0.05, 0.1) is 19.0 Å². The molecule has 4 rings (SSSR count). The second-order valence-electron chi connectivity index (χ2n) is 5.07. The van der Waals surface area contributed by atoms with E-state index in [1.165, 1.54) is 23.0 Å². The van der Waals surface area contributed by atoms with Gasteiger partial charge in [0.2, 0.25) is 0 Å². The van der Waals surface area contributed by atoms with E-state index < -0.39 is 11.6 Å². The number of nitrogens with one attached hydrogen (secondary N) is 1. The van der Waals surface area contributed by atoms with Crippen molar-refractivity contribution in [3.8, 4) is 22.8 Å². The number of hydrogen-bond acceptors (Lipinski definition) is 4. The molecule has 0 fully saturated rings. The molecule has 0 unspecified atom stereocenters. The summed E-state index contributed by atoms with van der Waals surface area (Å²) in [5, 5.41) is 8.62. The Kier molecular flexibility index (Phi) is 3.23. The number of hydrogen-bond donors (Lipinski definition) is 1. The molecule has 0 saturated heterocycles. The summed E-state index contributed by atoms with van der Waals surface area (Å²) >= 11 is 0. The van der Waals surface area contributed by atoms with E-state index in [9.17, 15) is 8.78 Å². The normalized spacial score (nSPS) is 11.1. The van der Waals surface area contributed by atoms with Crippen LogP contribution in [0.15, 0.2) is 43.0 Å². The van der Waals surface area contributed by atoms with E-state index in [0.29, 0.717) is 22.8 Å². The van der Waals surface area contributed by atoms with Crippen LogP contribution in [0.2, 0.25) is 0 Å². The third-order valence-corrected chi connectivity index (χ3v) is 3.72. The maximum atomic E-state index is 14.1. The third kappa shape index (κ3) is 2.11. The number of H-pyrrole nitrogens is 1. The Hall–Kier alpha value is -3.29. The van der Waals surface area contributed by atoms with Gasteiger partial charge in [0.15, 0.2) is 17.5 Å². The zero-order chi connectivity index (χ0) is 16.7. The zero-order valence-corrected chi connectivity index (χ0v) is 12.5. The number of methoxy groups -OCH3 is 1. The van der Waals surface area contributed by atoms with E-state index in [2.05, 4.69) is 20.2 Å². The standard InChI is InChI=1S/C16H11F2N5O/c1-24-9-5-10-11(7-20-15(10)19-6-9)16-22-21-8-23(16)13-4-2-3-12(17)14(13)18/h2-8H,1H3,(H,19,20). The van der Waals surface area contributed by atoms with Crippen LogP contribution < -0.4 is 4.74 Å². The highest BCUT2D eigenvalue weighted by Gasteiger charge is 2.18. The van der Waals surface area contributed by atoms with E-state index in [1.54, 1.807) is 25.6 Å². The summed E-state index contributed by atoms with van der Waals surface area (Å²) in [5.41, 5.74) is 1.30. The lowest BCUT2D eigenvalue weighted by molar-refractivity contribution is 0.414. The number of ether oxygens (including phenoxy) is 1. The summed E-state index contributed by atoms with van der Waals surface area (Å²) in [6, 6.07) is 5.73. The molecule has 3 heterocycles. The van der Waals surface area contributed by atoms with E-state index in [0.717, 1.165) is 11.5 Å². The molecule has 1 aromatic carbocycles. The first kappa shape index (κ1) is 14.3. The molecule has 0 radical (unpaired) electrons. The fourth-order valence-electron chi connectivity index (χ4n) is 2.55. The molecule has 0 spiro atoms. The lowest BCUT2D eigenvalue weighted by Gasteiger charge is -2.07. The van der Waals surface area contributed by atoms with Crippen LogP contribution in [0.5, 0.6) is 5.75 Å². The second-order valence-corrected chi connectivity index (χ2v) is 5.07. The highest BCUT2D eigenvalue weighted by Crippen LogP contribution is 2.30. The van der Waals surface area contributed by atoms with Crippen LogP contribution in [0.4, 0.5) is 8.78 Å². The Bertz CT molecular complexity index is 1040. The summed E-state index contributed by atoms with van der Waals surface area (Å²) in [4.78, 5) is 7.26. The van der Waals surface area contributed by atoms with Gasteiger partial charge < -0.3 is 9.72 Å². The van der Waals surface area contributed by atoms with Crippen molar-refractivity contribution < 1.29 is 13.5 Å². The van der Waals surface area contributed by atoms with Crippen molar-refractivity contribution in [3.05, 3.63) is 54.6 Å². The minimum atomic E-state index is -0.964. The van der Waals surface area contributed by atoms with Crippen molar-refractivity contribution >= 4 is 11.0 Å². The van der Waals surface area contributed by atoms with Crippen molar-refractivity contribution in [2.24, 2.45) is 0 Å². The van der Waals surface area contributed by atoms with Gasteiger partial charge in [-0.2, -0.15) is 0 Å². The molecule has 4 aromatic rings. The Morgan fingerprint density at radius 1 is 1.25 bits per heavy atom. The highest BCUT2D eigenvalue weighted by atomic mass is 19.2. The van der Waals surface area contributed by atoms with Gasteiger partial charge >= 0.3 is 0 Å². The average molecular weight is 327 g/mol.